The first-order valence-electron chi connectivity index (χ1n) is 7.31. The highest BCUT2D eigenvalue weighted by Gasteiger charge is 2.24. The number of carbonyl (C=O) groups is 1. The van der Waals surface area contributed by atoms with Crippen molar-refractivity contribution in [2.24, 2.45) is 0 Å². The van der Waals surface area contributed by atoms with E-state index >= 15 is 0 Å². The van der Waals surface area contributed by atoms with Crippen LogP contribution in [0.2, 0.25) is 15.1 Å². The average molecular weight is 393 g/mol. The lowest BCUT2D eigenvalue weighted by Crippen LogP contribution is -2.26. The largest absolute Gasteiger partial charge is 0.507 e. The smallest absolute Gasteiger partial charge is 0.266 e. The quantitative estimate of drug-likeness (QED) is 0.529. The Morgan fingerprint density at radius 1 is 0.800 bits per heavy atom. The number of rotatable bonds is 3. The molecular formula is C19H12Cl3NO2. The maximum absolute atomic E-state index is 13.1. The molecule has 6 heteroatoms. The molecule has 126 valence electrons. The summed E-state index contributed by atoms with van der Waals surface area (Å²) < 4.78 is 0. The molecule has 0 aliphatic carbocycles. The van der Waals surface area contributed by atoms with Crippen LogP contribution in [-0.2, 0) is 0 Å². The summed E-state index contributed by atoms with van der Waals surface area (Å²) in [7, 11) is 0. The number of phenolic OH excluding ortho intramolecular Hbond substituents is 1. The fraction of sp³-hybridized carbons (Fsp3) is 0. The summed E-state index contributed by atoms with van der Waals surface area (Å²) in [4.78, 5) is 14.5. The normalized spacial score (nSPS) is 10.5. The van der Waals surface area contributed by atoms with Crippen LogP contribution in [-0.4, -0.2) is 11.0 Å². The van der Waals surface area contributed by atoms with Crippen LogP contribution in [0.1, 0.15) is 10.4 Å². The van der Waals surface area contributed by atoms with Gasteiger partial charge in [0.25, 0.3) is 5.91 Å². The van der Waals surface area contributed by atoms with Crippen molar-refractivity contribution in [2.75, 3.05) is 4.90 Å². The third-order valence-electron chi connectivity index (χ3n) is 3.58. The maximum atomic E-state index is 13.1. The van der Waals surface area contributed by atoms with Crippen molar-refractivity contribution < 1.29 is 9.90 Å². The van der Waals surface area contributed by atoms with E-state index in [0.29, 0.717) is 16.4 Å². The number of halogens is 3. The number of phenols is 1. The molecule has 3 aromatic rings. The van der Waals surface area contributed by atoms with Gasteiger partial charge in [0.1, 0.15) is 5.75 Å². The lowest BCUT2D eigenvalue weighted by atomic mass is 10.1. The van der Waals surface area contributed by atoms with Gasteiger partial charge in [0, 0.05) is 5.69 Å². The van der Waals surface area contributed by atoms with E-state index < -0.39 is 5.91 Å². The Hall–Kier alpha value is -2.20. The Labute approximate surface area is 160 Å². The van der Waals surface area contributed by atoms with Crippen LogP contribution in [0.5, 0.6) is 5.75 Å². The van der Waals surface area contributed by atoms with Gasteiger partial charge >= 0.3 is 0 Å². The molecule has 0 aliphatic rings. The first-order valence-corrected chi connectivity index (χ1v) is 8.44. The molecular weight excluding hydrogens is 381 g/mol. The molecule has 0 heterocycles. The van der Waals surface area contributed by atoms with E-state index in [9.17, 15) is 9.90 Å². The van der Waals surface area contributed by atoms with Gasteiger partial charge in [0.2, 0.25) is 0 Å². The van der Waals surface area contributed by atoms with Gasteiger partial charge in [-0.05, 0) is 36.4 Å². The Bertz CT molecular complexity index is 929. The van der Waals surface area contributed by atoms with Gasteiger partial charge < -0.3 is 5.11 Å². The van der Waals surface area contributed by atoms with Crippen molar-refractivity contribution in [1.29, 1.82) is 0 Å². The standard InChI is InChI=1S/C19H12Cl3NO2/c20-14-10-16(22)17(11-15(14)21)23(12-6-2-1-3-7-12)19(25)13-8-4-5-9-18(13)24/h1-11,24H. The van der Waals surface area contributed by atoms with Gasteiger partial charge in [0.05, 0.1) is 26.3 Å². The summed E-state index contributed by atoms with van der Waals surface area (Å²) in [6.45, 7) is 0. The van der Waals surface area contributed by atoms with Crippen LogP contribution in [0, 0.1) is 0 Å². The monoisotopic (exact) mass is 391 g/mol. The zero-order valence-electron chi connectivity index (χ0n) is 12.8. The van der Waals surface area contributed by atoms with Crippen molar-refractivity contribution in [3.63, 3.8) is 0 Å². The van der Waals surface area contributed by atoms with E-state index in [-0.39, 0.29) is 21.4 Å². The van der Waals surface area contributed by atoms with E-state index in [0.717, 1.165) is 0 Å². The number of para-hydroxylation sites is 2. The second-order valence-electron chi connectivity index (χ2n) is 5.21. The Morgan fingerprint density at radius 3 is 2.08 bits per heavy atom. The van der Waals surface area contributed by atoms with Gasteiger partial charge in [-0.1, -0.05) is 65.1 Å². The molecule has 0 saturated carbocycles. The molecule has 3 aromatic carbocycles. The summed E-state index contributed by atoms with van der Waals surface area (Å²) in [6.07, 6.45) is 0. The molecule has 0 radical (unpaired) electrons. The molecule has 0 aliphatic heterocycles. The number of hydrogen-bond acceptors (Lipinski definition) is 2. The van der Waals surface area contributed by atoms with Crippen LogP contribution in [0.4, 0.5) is 11.4 Å². The molecule has 3 nitrogen and oxygen atoms in total. The first-order chi connectivity index (χ1) is 12.0. The third-order valence-corrected chi connectivity index (χ3v) is 4.61. The molecule has 0 atom stereocenters. The zero-order chi connectivity index (χ0) is 18.0. The highest BCUT2D eigenvalue weighted by Crippen LogP contribution is 2.39. The average Bonchev–Trinajstić information content (AvgIpc) is 2.61. The highest BCUT2D eigenvalue weighted by molar-refractivity contribution is 6.44. The van der Waals surface area contributed by atoms with E-state index in [4.69, 9.17) is 34.8 Å². The van der Waals surface area contributed by atoms with E-state index in [1.54, 1.807) is 42.5 Å². The van der Waals surface area contributed by atoms with Crippen LogP contribution >= 0.6 is 34.8 Å². The van der Waals surface area contributed by atoms with Gasteiger partial charge in [0.15, 0.2) is 0 Å². The van der Waals surface area contributed by atoms with E-state index in [1.165, 1.54) is 23.1 Å². The van der Waals surface area contributed by atoms with Gasteiger partial charge in [-0.3, -0.25) is 9.69 Å². The van der Waals surface area contributed by atoms with Crippen molar-refractivity contribution in [2.45, 2.75) is 0 Å². The Balaban J connectivity index is 2.20. The lowest BCUT2D eigenvalue weighted by Gasteiger charge is -2.25. The number of benzene rings is 3. The number of amides is 1. The molecule has 0 unspecified atom stereocenters. The molecule has 0 fully saturated rings. The Morgan fingerprint density at radius 2 is 1.40 bits per heavy atom. The first kappa shape index (κ1) is 17.6. The fourth-order valence-corrected chi connectivity index (χ4v) is 3.03. The summed E-state index contributed by atoms with van der Waals surface area (Å²) in [5, 5.41) is 10.9. The molecule has 3 rings (SSSR count). The molecule has 1 amide bonds. The number of anilines is 2. The minimum Gasteiger partial charge on any atom is -0.507 e. The molecule has 0 aromatic heterocycles. The number of aromatic hydroxyl groups is 1. The predicted octanol–water partition coefficient (Wildman–Crippen LogP) is 6.33. The summed E-state index contributed by atoms with van der Waals surface area (Å²) in [5.41, 5.74) is 1.10. The van der Waals surface area contributed by atoms with Crippen LogP contribution in [0.3, 0.4) is 0 Å². The third kappa shape index (κ3) is 3.59. The van der Waals surface area contributed by atoms with Gasteiger partial charge in [-0.25, -0.2) is 0 Å². The summed E-state index contributed by atoms with van der Waals surface area (Å²) in [6, 6.07) is 18.3. The van der Waals surface area contributed by atoms with Crippen molar-refractivity contribution in [3.05, 3.63) is 87.4 Å². The lowest BCUT2D eigenvalue weighted by molar-refractivity contribution is 0.0996. The SMILES string of the molecule is O=C(c1ccccc1O)N(c1ccccc1)c1cc(Cl)c(Cl)cc1Cl. The molecule has 0 spiro atoms. The van der Waals surface area contributed by atoms with Crippen LogP contribution < -0.4 is 4.90 Å². The minimum absolute atomic E-state index is 0.121. The van der Waals surface area contributed by atoms with Crippen LogP contribution in [0.25, 0.3) is 0 Å². The fourth-order valence-electron chi connectivity index (χ4n) is 2.40. The minimum atomic E-state index is -0.440. The summed E-state index contributed by atoms with van der Waals surface area (Å²) in [5.74, 6) is -0.561. The molecule has 0 bridgehead atoms. The number of carbonyl (C=O) groups excluding carboxylic acids is 1. The van der Waals surface area contributed by atoms with Crippen molar-refractivity contribution in [1.82, 2.24) is 0 Å². The van der Waals surface area contributed by atoms with E-state index in [2.05, 4.69) is 0 Å². The second kappa shape index (κ2) is 7.36. The van der Waals surface area contributed by atoms with E-state index in [1.807, 2.05) is 6.07 Å². The molecule has 0 saturated heterocycles. The second-order valence-corrected chi connectivity index (χ2v) is 6.43. The Kier molecular flexibility index (Phi) is 5.19. The maximum Gasteiger partial charge on any atom is 0.266 e. The zero-order valence-corrected chi connectivity index (χ0v) is 15.1. The number of hydrogen-bond donors (Lipinski definition) is 1. The highest BCUT2D eigenvalue weighted by atomic mass is 35.5. The summed E-state index contributed by atoms with van der Waals surface area (Å²) >= 11 is 18.4. The topological polar surface area (TPSA) is 40.5 Å². The van der Waals surface area contributed by atoms with Gasteiger partial charge in [-0.15, -0.1) is 0 Å². The molecule has 1 N–H and O–H groups in total. The van der Waals surface area contributed by atoms with Gasteiger partial charge in [-0.2, -0.15) is 0 Å². The van der Waals surface area contributed by atoms with Crippen molar-refractivity contribution >= 4 is 52.1 Å². The molecule has 25 heavy (non-hydrogen) atoms. The van der Waals surface area contributed by atoms with Crippen molar-refractivity contribution in [3.8, 4) is 5.75 Å². The van der Waals surface area contributed by atoms with Crippen LogP contribution in [0.15, 0.2) is 66.7 Å². The number of nitrogens with zero attached hydrogens (tertiary/aromatic N) is 1. The predicted molar refractivity (Wildman–Crippen MR) is 102 cm³/mol.